The van der Waals surface area contributed by atoms with Crippen molar-refractivity contribution in [2.24, 2.45) is 11.3 Å². The first-order valence-electron chi connectivity index (χ1n) is 5.76. The number of rotatable bonds is 3. The lowest BCUT2D eigenvalue weighted by molar-refractivity contribution is 0.148. The molecule has 0 aromatic rings. The topological polar surface area (TPSA) is 12.0 Å². The molecule has 78 valence electrons. The molecule has 0 bridgehead atoms. The molecule has 1 heteroatoms. The zero-order chi connectivity index (χ0) is 9.90. The predicted octanol–water partition coefficient (Wildman–Crippen LogP) is 3.20. The normalized spacial score (nSPS) is 30.0. The van der Waals surface area contributed by atoms with Gasteiger partial charge in [0.15, 0.2) is 0 Å². The molecule has 1 saturated carbocycles. The molecule has 0 amide bonds. The van der Waals surface area contributed by atoms with E-state index in [2.05, 4.69) is 33.1 Å². The molecule has 0 aromatic carbocycles. The second-order valence-corrected chi connectivity index (χ2v) is 5.32. The average molecular weight is 183 g/mol. The van der Waals surface area contributed by atoms with Crippen molar-refractivity contribution >= 4 is 0 Å². The first-order valence-corrected chi connectivity index (χ1v) is 5.76. The van der Waals surface area contributed by atoms with Crippen LogP contribution in [0.1, 0.15) is 52.9 Å². The van der Waals surface area contributed by atoms with Crippen LogP contribution in [0.2, 0.25) is 0 Å². The van der Waals surface area contributed by atoms with Crippen molar-refractivity contribution in [3.63, 3.8) is 0 Å². The Hall–Kier alpha value is -0.0400. The van der Waals surface area contributed by atoms with Gasteiger partial charge in [-0.3, -0.25) is 0 Å². The summed E-state index contributed by atoms with van der Waals surface area (Å²) in [6.45, 7) is 7.13. The minimum Gasteiger partial charge on any atom is -0.317 e. The van der Waals surface area contributed by atoms with E-state index in [1.807, 2.05) is 0 Å². The van der Waals surface area contributed by atoms with Gasteiger partial charge in [0.1, 0.15) is 0 Å². The fourth-order valence-corrected chi connectivity index (χ4v) is 2.87. The highest BCUT2D eigenvalue weighted by molar-refractivity contribution is 4.85. The molecule has 1 nitrogen and oxygen atoms in total. The van der Waals surface area contributed by atoms with Crippen LogP contribution in [0.5, 0.6) is 0 Å². The molecule has 1 fully saturated rings. The van der Waals surface area contributed by atoms with Crippen molar-refractivity contribution in [3.05, 3.63) is 0 Å². The first-order chi connectivity index (χ1) is 6.09. The van der Waals surface area contributed by atoms with E-state index >= 15 is 0 Å². The van der Waals surface area contributed by atoms with Crippen LogP contribution in [0.4, 0.5) is 0 Å². The van der Waals surface area contributed by atoms with Gasteiger partial charge in [-0.05, 0) is 44.1 Å². The Morgan fingerprint density at radius 1 is 1.46 bits per heavy atom. The van der Waals surface area contributed by atoms with Gasteiger partial charge in [0.25, 0.3) is 0 Å². The quantitative estimate of drug-likeness (QED) is 0.708. The fraction of sp³-hybridized carbons (Fsp3) is 1.00. The molecule has 1 aliphatic rings. The molecule has 13 heavy (non-hydrogen) atoms. The zero-order valence-corrected chi connectivity index (χ0v) is 9.69. The van der Waals surface area contributed by atoms with Crippen LogP contribution in [-0.4, -0.2) is 13.1 Å². The first kappa shape index (κ1) is 11.0. The Labute approximate surface area is 83.3 Å². The largest absolute Gasteiger partial charge is 0.317 e. The molecule has 2 atom stereocenters. The Kier molecular flexibility index (Phi) is 3.78. The van der Waals surface area contributed by atoms with Crippen LogP contribution in [0.3, 0.4) is 0 Å². The Morgan fingerprint density at radius 3 is 2.62 bits per heavy atom. The molecule has 1 N–H and O–H groups in total. The van der Waals surface area contributed by atoms with Gasteiger partial charge in [-0.2, -0.15) is 0 Å². The summed E-state index contributed by atoms with van der Waals surface area (Å²) in [6.07, 6.45) is 6.96. The molecule has 0 radical (unpaired) electrons. The monoisotopic (exact) mass is 183 g/mol. The minimum absolute atomic E-state index is 0.590. The van der Waals surface area contributed by atoms with Gasteiger partial charge in [-0.15, -0.1) is 0 Å². The van der Waals surface area contributed by atoms with E-state index < -0.39 is 0 Å². The minimum atomic E-state index is 0.590. The lowest BCUT2D eigenvalue weighted by Gasteiger charge is -2.38. The van der Waals surface area contributed by atoms with Crippen LogP contribution < -0.4 is 5.32 Å². The third kappa shape index (κ3) is 2.98. The maximum absolute atomic E-state index is 3.46. The van der Waals surface area contributed by atoms with Crippen molar-refractivity contribution in [1.29, 1.82) is 0 Å². The van der Waals surface area contributed by atoms with Crippen molar-refractivity contribution in [3.8, 4) is 0 Å². The van der Waals surface area contributed by atoms with Crippen LogP contribution >= 0.6 is 0 Å². The van der Waals surface area contributed by atoms with E-state index in [9.17, 15) is 0 Å². The van der Waals surface area contributed by atoms with Gasteiger partial charge in [-0.1, -0.05) is 27.2 Å². The number of hydrogen-bond acceptors (Lipinski definition) is 1. The summed E-state index contributed by atoms with van der Waals surface area (Å²) in [5.74, 6) is 0.916. The summed E-state index contributed by atoms with van der Waals surface area (Å²) in [5.41, 5.74) is 0.590. The molecule has 2 unspecified atom stereocenters. The Balaban J connectivity index is 2.50. The van der Waals surface area contributed by atoms with Gasteiger partial charge in [0.2, 0.25) is 0 Å². The molecule has 0 heterocycles. The van der Waals surface area contributed by atoms with Gasteiger partial charge in [0, 0.05) is 6.04 Å². The van der Waals surface area contributed by atoms with Gasteiger partial charge in [0.05, 0.1) is 0 Å². The van der Waals surface area contributed by atoms with Crippen LogP contribution in [0.25, 0.3) is 0 Å². The molecule has 0 saturated heterocycles. The summed E-state index contributed by atoms with van der Waals surface area (Å²) < 4.78 is 0. The molecule has 1 aliphatic carbocycles. The highest BCUT2D eigenvalue weighted by Gasteiger charge is 2.31. The van der Waals surface area contributed by atoms with Crippen molar-refractivity contribution < 1.29 is 0 Å². The smallest absolute Gasteiger partial charge is 0.00899 e. The zero-order valence-electron chi connectivity index (χ0n) is 9.69. The molecular formula is C12H25N. The number of hydrogen-bond donors (Lipinski definition) is 1. The van der Waals surface area contributed by atoms with E-state index in [1.165, 1.54) is 32.1 Å². The molecule has 0 spiro atoms. The third-order valence-corrected chi connectivity index (χ3v) is 3.62. The summed E-state index contributed by atoms with van der Waals surface area (Å²) in [4.78, 5) is 0. The van der Waals surface area contributed by atoms with Gasteiger partial charge < -0.3 is 5.32 Å². The summed E-state index contributed by atoms with van der Waals surface area (Å²) in [6, 6.07) is 0.750. The highest BCUT2D eigenvalue weighted by atomic mass is 14.9. The Morgan fingerprint density at radius 2 is 2.15 bits per heavy atom. The SMILES string of the molecule is CCC(NC)C1CCCC(C)(C)C1. The van der Waals surface area contributed by atoms with E-state index in [-0.39, 0.29) is 0 Å². The maximum atomic E-state index is 3.46. The molecular weight excluding hydrogens is 158 g/mol. The molecule has 0 aromatic heterocycles. The van der Waals surface area contributed by atoms with Crippen molar-refractivity contribution in [2.45, 2.75) is 58.9 Å². The van der Waals surface area contributed by atoms with Crippen LogP contribution in [0, 0.1) is 11.3 Å². The van der Waals surface area contributed by atoms with E-state index in [1.54, 1.807) is 0 Å². The van der Waals surface area contributed by atoms with E-state index in [0.717, 1.165) is 12.0 Å². The Bertz CT molecular complexity index is 147. The second-order valence-electron chi connectivity index (χ2n) is 5.32. The standard InChI is InChI=1S/C12H25N/c1-5-11(13-4)10-7-6-8-12(2,3)9-10/h10-11,13H,5-9H2,1-4H3. The maximum Gasteiger partial charge on any atom is 0.00899 e. The lowest BCUT2D eigenvalue weighted by Crippen LogP contribution is -2.37. The van der Waals surface area contributed by atoms with Gasteiger partial charge >= 0.3 is 0 Å². The number of nitrogens with one attached hydrogen (secondary N) is 1. The molecule has 1 rings (SSSR count). The van der Waals surface area contributed by atoms with Crippen LogP contribution in [0.15, 0.2) is 0 Å². The average Bonchev–Trinajstić information content (AvgIpc) is 2.05. The van der Waals surface area contributed by atoms with Crippen molar-refractivity contribution in [2.75, 3.05) is 7.05 Å². The van der Waals surface area contributed by atoms with Crippen molar-refractivity contribution in [1.82, 2.24) is 5.32 Å². The molecule has 0 aliphatic heterocycles. The predicted molar refractivity (Wildman–Crippen MR) is 58.9 cm³/mol. The van der Waals surface area contributed by atoms with E-state index in [0.29, 0.717) is 5.41 Å². The van der Waals surface area contributed by atoms with E-state index in [4.69, 9.17) is 0 Å². The summed E-state index contributed by atoms with van der Waals surface area (Å²) in [7, 11) is 2.11. The van der Waals surface area contributed by atoms with Crippen LogP contribution in [-0.2, 0) is 0 Å². The van der Waals surface area contributed by atoms with Gasteiger partial charge in [-0.25, -0.2) is 0 Å². The fourth-order valence-electron chi connectivity index (χ4n) is 2.87. The second kappa shape index (κ2) is 4.45. The summed E-state index contributed by atoms with van der Waals surface area (Å²) >= 11 is 0. The summed E-state index contributed by atoms with van der Waals surface area (Å²) in [5, 5.41) is 3.46. The lowest BCUT2D eigenvalue weighted by atomic mass is 9.69. The third-order valence-electron chi connectivity index (χ3n) is 3.62. The highest BCUT2D eigenvalue weighted by Crippen LogP contribution is 2.40.